The van der Waals surface area contributed by atoms with E-state index in [1.807, 2.05) is 6.26 Å². The van der Waals surface area contributed by atoms with Crippen molar-refractivity contribution < 1.29 is 0 Å². The summed E-state index contributed by atoms with van der Waals surface area (Å²) in [6, 6.07) is 0. The van der Waals surface area contributed by atoms with Crippen LogP contribution >= 0.6 is 11.8 Å². The molecule has 0 amide bonds. The second-order valence-corrected chi connectivity index (χ2v) is 3.72. The van der Waals surface area contributed by atoms with Gasteiger partial charge in [-0.1, -0.05) is 38.0 Å². The van der Waals surface area contributed by atoms with Gasteiger partial charge in [0.25, 0.3) is 0 Å². The van der Waals surface area contributed by atoms with Gasteiger partial charge in [0, 0.05) is 10.5 Å². The average molecular weight is 206 g/mol. The number of terminal acetylenes is 1. The predicted molar refractivity (Wildman–Crippen MR) is 68.2 cm³/mol. The van der Waals surface area contributed by atoms with Gasteiger partial charge >= 0.3 is 0 Å². The third-order valence-electron chi connectivity index (χ3n) is 1.88. The van der Waals surface area contributed by atoms with E-state index >= 15 is 0 Å². The Bertz CT molecular complexity index is 287. The minimum absolute atomic E-state index is 0.771. The van der Waals surface area contributed by atoms with Gasteiger partial charge in [0.2, 0.25) is 0 Å². The van der Waals surface area contributed by atoms with Crippen LogP contribution in [0.15, 0.2) is 34.8 Å². The lowest BCUT2D eigenvalue weighted by molar-refractivity contribution is 1.10. The van der Waals surface area contributed by atoms with Gasteiger partial charge < -0.3 is 0 Å². The van der Waals surface area contributed by atoms with Crippen molar-refractivity contribution in [3.8, 4) is 12.3 Å². The highest BCUT2D eigenvalue weighted by atomic mass is 32.2. The molecule has 0 aliphatic heterocycles. The first-order valence-electron chi connectivity index (χ1n) is 4.80. The molecule has 1 heteroatoms. The minimum atomic E-state index is 0.771. The van der Waals surface area contributed by atoms with Crippen LogP contribution in [-0.4, -0.2) is 6.26 Å². The molecule has 0 saturated carbocycles. The summed E-state index contributed by atoms with van der Waals surface area (Å²) in [4.78, 5) is 1.09. The van der Waals surface area contributed by atoms with Crippen molar-refractivity contribution in [1.29, 1.82) is 0 Å². The summed E-state index contributed by atoms with van der Waals surface area (Å²) in [5.41, 5.74) is 2.10. The molecule has 0 fully saturated rings. The molecule has 0 nitrogen and oxygen atoms in total. The lowest BCUT2D eigenvalue weighted by Gasteiger charge is -2.03. The summed E-state index contributed by atoms with van der Waals surface area (Å²) < 4.78 is 0. The van der Waals surface area contributed by atoms with Crippen LogP contribution in [-0.2, 0) is 0 Å². The fourth-order valence-electron chi connectivity index (χ4n) is 1.08. The molecular formula is C13H18S. The Labute approximate surface area is 92.2 Å². The van der Waals surface area contributed by atoms with E-state index in [9.17, 15) is 0 Å². The number of allylic oxidation sites excluding steroid dienone is 4. The molecule has 0 aromatic carbocycles. The third kappa shape index (κ3) is 4.39. The van der Waals surface area contributed by atoms with Gasteiger partial charge in [-0.3, -0.25) is 0 Å². The highest BCUT2D eigenvalue weighted by molar-refractivity contribution is 8.02. The van der Waals surface area contributed by atoms with Gasteiger partial charge in [-0.15, -0.1) is 18.2 Å². The Morgan fingerprint density at radius 1 is 1.50 bits per heavy atom. The zero-order valence-electron chi connectivity index (χ0n) is 9.26. The monoisotopic (exact) mass is 206 g/mol. The molecule has 0 aromatic heterocycles. The van der Waals surface area contributed by atoms with Gasteiger partial charge in [-0.05, 0) is 25.2 Å². The summed E-state index contributed by atoms with van der Waals surface area (Å²) in [5.74, 6) is 2.58. The standard InChI is InChI=1S/C13H18S/c1-6-9-12(8-3)10-13(14-5)11(4)7-2/h2,9-10H,4,6,8H2,1,3,5H3/b12-9+,13-10+. The van der Waals surface area contributed by atoms with Crippen LogP contribution in [0.5, 0.6) is 0 Å². The van der Waals surface area contributed by atoms with E-state index in [0.29, 0.717) is 0 Å². The normalized spacial score (nSPS) is 12.4. The van der Waals surface area contributed by atoms with Crippen LogP contribution in [0.2, 0.25) is 0 Å². The fraction of sp³-hybridized carbons (Fsp3) is 0.385. The van der Waals surface area contributed by atoms with E-state index in [1.54, 1.807) is 11.8 Å². The van der Waals surface area contributed by atoms with Crippen molar-refractivity contribution in [2.75, 3.05) is 6.26 Å². The summed E-state index contributed by atoms with van der Waals surface area (Å²) in [6.45, 7) is 8.12. The van der Waals surface area contributed by atoms with Gasteiger partial charge in [-0.2, -0.15) is 0 Å². The van der Waals surface area contributed by atoms with E-state index < -0.39 is 0 Å². The molecule has 0 heterocycles. The highest BCUT2D eigenvalue weighted by Gasteiger charge is 1.99. The molecule has 14 heavy (non-hydrogen) atoms. The molecule has 76 valence electrons. The van der Waals surface area contributed by atoms with E-state index in [-0.39, 0.29) is 0 Å². The summed E-state index contributed by atoms with van der Waals surface area (Å²) in [7, 11) is 0. The molecule has 0 unspecified atom stereocenters. The van der Waals surface area contributed by atoms with Gasteiger partial charge in [-0.25, -0.2) is 0 Å². The first kappa shape index (κ1) is 13.1. The Morgan fingerprint density at radius 2 is 2.14 bits per heavy atom. The first-order chi connectivity index (χ1) is 6.69. The number of hydrogen-bond donors (Lipinski definition) is 0. The molecule has 0 saturated heterocycles. The Hall–Kier alpha value is -0.870. The Kier molecular flexibility index (Phi) is 7.06. The summed E-state index contributed by atoms with van der Waals surface area (Å²) in [6.07, 6.45) is 13.8. The smallest absolute Gasteiger partial charge is 0.0306 e. The molecule has 0 aromatic rings. The summed E-state index contributed by atoms with van der Waals surface area (Å²) >= 11 is 1.65. The Morgan fingerprint density at radius 3 is 2.50 bits per heavy atom. The lowest BCUT2D eigenvalue weighted by Crippen LogP contribution is -1.83. The maximum absolute atomic E-state index is 5.32. The predicted octanol–water partition coefficient (Wildman–Crippen LogP) is 4.17. The zero-order valence-corrected chi connectivity index (χ0v) is 10.1. The van der Waals surface area contributed by atoms with Crippen LogP contribution < -0.4 is 0 Å². The van der Waals surface area contributed by atoms with Crippen molar-refractivity contribution in [3.63, 3.8) is 0 Å². The molecule has 0 atom stereocenters. The van der Waals surface area contributed by atoms with Crippen molar-refractivity contribution >= 4 is 11.8 Å². The molecule has 0 radical (unpaired) electrons. The minimum Gasteiger partial charge on any atom is -0.128 e. The zero-order chi connectivity index (χ0) is 11.0. The van der Waals surface area contributed by atoms with E-state index in [0.717, 1.165) is 23.3 Å². The second kappa shape index (κ2) is 7.53. The van der Waals surface area contributed by atoms with E-state index in [2.05, 4.69) is 38.5 Å². The maximum atomic E-state index is 5.32. The quantitative estimate of drug-likeness (QED) is 0.480. The Balaban J connectivity index is 4.83. The summed E-state index contributed by atoms with van der Waals surface area (Å²) in [5, 5.41) is 0. The van der Waals surface area contributed by atoms with Gasteiger partial charge in [0.1, 0.15) is 0 Å². The second-order valence-electron chi connectivity index (χ2n) is 2.88. The molecule has 0 aliphatic carbocycles. The fourth-order valence-corrected chi connectivity index (χ4v) is 1.65. The number of rotatable bonds is 5. The third-order valence-corrected chi connectivity index (χ3v) is 2.69. The molecule has 0 N–H and O–H groups in total. The van der Waals surface area contributed by atoms with E-state index in [1.165, 1.54) is 5.57 Å². The van der Waals surface area contributed by atoms with Crippen molar-refractivity contribution in [2.45, 2.75) is 26.7 Å². The van der Waals surface area contributed by atoms with Crippen molar-refractivity contribution in [3.05, 3.63) is 34.8 Å². The first-order valence-corrected chi connectivity index (χ1v) is 6.02. The number of hydrogen-bond acceptors (Lipinski definition) is 1. The lowest BCUT2D eigenvalue weighted by atomic mass is 10.1. The molecule has 0 bridgehead atoms. The van der Waals surface area contributed by atoms with Crippen molar-refractivity contribution in [1.82, 2.24) is 0 Å². The van der Waals surface area contributed by atoms with Gasteiger partial charge in [0.15, 0.2) is 0 Å². The SMILES string of the molecule is C#CC(=C)/C(=C\C(=C\CC)CC)SC. The van der Waals surface area contributed by atoms with Crippen LogP contribution in [0.1, 0.15) is 26.7 Å². The molecule has 0 aliphatic rings. The molecular weight excluding hydrogens is 188 g/mol. The van der Waals surface area contributed by atoms with Crippen LogP contribution in [0.3, 0.4) is 0 Å². The van der Waals surface area contributed by atoms with Crippen LogP contribution in [0.4, 0.5) is 0 Å². The van der Waals surface area contributed by atoms with Crippen LogP contribution in [0.25, 0.3) is 0 Å². The van der Waals surface area contributed by atoms with E-state index in [4.69, 9.17) is 6.42 Å². The average Bonchev–Trinajstić information content (AvgIpc) is 2.23. The maximum Gasteiger partial charge on any atom is 0.0306 e. The number of thioether (sulfide) groups is 1. The molecule has 0 spiro atoms. The largest absolute Gasteiger partial charge is 0.128 e. The molecule has 0 rings (SSSR count). The van der Waals surface area contributed by atoms with Gasteiger partial charge in [0.05, 0.1) is 0 Å². The topological polar surface area (TPSA) is 0 Å². The van der Waals surface area contributed by atoms with Crippen LogP contribution in [0, 0.1) is 12.3 Å². The van der Waals surface area contributed by atoms with Crippen molar-refractivity contribution in [2.24, 2.45) is 0 Å². The highest BCUT2D eigenvalue weighted by Crippen LogP contribution is 2.22.